The Balaban J connectivity index is 1.48. The van der Waals surface area contributed by atoms with E-state index in [1.54, 1.807) is 31.4 Å². The van der Waals surface area contributed by atoms with Gasteiger partial charge in [0.1, 0.15) is 5.75 Å². The number of thioether (sulfide) groups is 1. The number of nitrogens with zero attached hydrogens (tertiary/aromatic N) is 2. The molecule has 4 rings (SSSR count). The third-order valence-electron chi connectivity index (χ3n) is 3.94. The minimum atomic E-state index is -0.0271. The summed E-state index contributed by atoms with van der Waals surface area (Å²) < 4.78 is 10.9. The summed E-state index contributed by atoms with van der Waals surface area (Å²) in [6, 6.07) is 15.0. The fourth-order valence-corrected chi connectivity index (χ4v) is 3.29. The molecule has 2 aromatic carbocycles. The van der Waals surface area contributed by atoms with Crippen LogP contribution in [0.5, 0.6) is 5.75 Å². The lowest BCUT2D eigenvalue weighted by atomic mass is 10.1. The van der Waals surface area contributed by atoms with E-state index in [0.29, 0.717) is 22.4 Å². The van der Waals surface area contributed by atoms with Crippen molar-refractivity contribution in [3.63, 3.8) is 0 Å². The van der Waals surface area contributed by atoms with Crippen molar-refractivity contribution in [2.24, 2.45) is 0 Å². The minimum Gasteiger partial charge on any atom is -0.497 e. The lowest BCUT2D eigenvalue weighted by Crippen LogP contribution is -2.02. The standard InChI is InChI=1S/C19H15N3O3S/c1-24-13-6-4-5-12(9-13)17(23)11-26-19-22-21-18(25-19)15-10-20-16-8-3-2-7-14(15)16/h2-10,20H,11H2,1H3. The van der Waals surface area contributed by atoms with Crippen LogP contribution in [0.15, 0.2) is 64.4 Å². The molecule has 26 heavy (non-hydrogen) atoms. The number of ether oxygens (including phenoxy) is 1. The lowest BCUT2D eigenvalue weighted by molar-refractivity contribution is 0.102. The Hall–Kier alpha value is -3.06. The number of aromatic amines is 1. The number of para-hydroxylation sites is 1. The summed E-state index contributed by atoms with van der Waals surface area (Å²) in [5, 5.41) is 9.51. The molecule has 2 heterocycles. The first-order valence-corrected chi connectivity index (χ1v) is 8.93. The van der Waals surface area contributed by atoms with E-state index in [2.05, 4.69) is 15.2 Å². The molecule has 0 radical (unpaired) electrons. The minimum absolute atomic E-state index is 0.0271. The van der Waals surface area contributed by atoms with E-state index in [0.717, 1.165) is 16.5 Å². The Morgan fingerprint density at radius 1 is 1.19 bits per heavy atom. The van der Waals surface area contributed by atoms with Crippen LogP contribution < -0.4 is 4.74 Å². The Morgan fingerprint density at radius 2 is 2.08 bits per heavy atom. The molecule has 0 amide bonds. The highest BCUT2D eigenvalue weighted by atomic mass is 32.2. The van der Waals surface area contributed by atoms with Crippen LogP contribution >= 0.6 is 11.8 Å². The highest BCUT2D eigenvalue weighted by Gasteiger charge is 2.15. The van der Waals surface area contributed by atoms with E-state index in [4.69, 9.17) is 9.15 Å². The van der Waals surface area contributed by atoms with Crippen LogP contribution in [0.2, 0.25) is 0 Å². The van der Waals surface area contributed by atoms with Crippen LogP contribution in [0.3, 0.4) is 0 Å². The molecule has 0 aliphatic rings. The number of fused-ring (bicyclic) bond motifs is 1. The predicted molar refractivity (Wildman–Crippen MR) is 99.6 cm³/mol. The largest absolute Gasteiger partial charge is 0.497 e. The topological polar surface area (TPSA) is 81.0 Å². The molecule has 0 aliphatic carbocycles. The SMILES string of the molecule is COc1cccc(C(=O)CSc2nnc(-c3c[nH]c4ccccc34)o2)c1. The second-order valence-electron chi connectivity index (χ2n) is 5.56. The summed E-state index contributed by atoms with van der Waals surface area (Å²) in [6.45, 7) is 0. The summed E-state index contributed by atoms with van der Waals surface area (Å²) in [5.74, 6) is 1.27. The van der Waals surface area contributed by atoms with Gasteiger partial charge in [-0.3, -0.25) is 4.79 Å². The highest BCUT2D eigenvalue weighted by molar-refractivity contribution is 7.99. The molecule has 7 heteroatoms. The Morgan fingerprint density at radius 3 is 2.96 bits per heavy atom. The van der Waals surface area contributed by atoms with Gasteiger partial charge in [0.25, 0.3) is 11.1 Å². The van der Waals surface area contributed by atoms with Crippen molar-refractivity contribution >= 4 is 28.4 Å². The second kappa shape index (κ2) is 7.05. The van der Waals surface area contributed by atoms with Crippen LogP contribution in [0.4, 0.5) is 0 Å². The van der Waals surface area contributed by atoms with E-state index >= 15 is 0 Å². The fourth-order valence-electron chi connectivity index (χ4n) is 2.63. The Labute approximate surface area is 153 Å². The van der Waals surface area contributed by atoms with Gasteiger partial charge in [-0.2, -0.15) is 0 Å². The van der Waals surface area contributed by atoms with Gasteiger partial charge in [0, 0.05) is 22.7 Å². The third-order valence-corrected chi connectivity index (χ3v) is 4.76. The van der Waals surface area contributed by atoms with E-state index < -0.39 is 0 Å². The number of methoxy groups -OCH3 is 1. The van der Waals surface area contributed by atoms with Crippen molar-refractivity contribution in [3.05, 3.63) is 60.3 Å². The summed E-state index contributed by atoms with van der Waals surface area (Å²) in [7, 11) is 1.57. The molecule has 4 aromatic rings. The number of hydrogen-bond donors (Lipinski definition) is 1. The number of benzene rings is 2. The van der Waals surface area contributed by atoms with Crippen molar-refractivity contribution in [3.8, 4) is 17.2 Å². The van der Waals surface area contributed by atoms with Gasteiger partial charge in [-0.1, -0.05) is 42.1 Å². The monoisotopic (exact) mass is 365 g/mol. The predicted octanol–water partition coefficient (Wildman–Crippen LogP) is 4.20. The van der Waals surface area contributed by atoms with Gasteiger partial charge in [-0.25, -0.2) is 0 Å². The van der Waals surface area contributed by atoms with Crippen molar-refractivity contribution in [1.29, 1.82) is 0 Å². The first-order chi connectivity index (χ1) is 12.7. The van der Waals surface area contributed by atoms with Gasteiger partial charge in [0.05, 0.1) is 18.4 Å². The van der Waals surface area contributed by atoms with Crippen LogP contribution in [0.1, 0.15) is 10.4 Å². The van der Waals surface area contributed by atoms with Gasteiger partial charge >= 0.3 is 0 Å². The molecular weight excluding hydrogens is 350 g/mol. The second-order valence-corrected chi connectivity index (χ2v) is 6.49. The summed E-state index contributed by atoms with van der Waals surface area (Å²) in [5.41, 5.74) is 2.44. The van der Waals surface area contributed by atoms with Gasteiger partial charge in [-0.05, 0) is 18.2 Å². The number of Topliss-reactive ketones (excluding diaryl/α,β-unsaturated/α-hetero) is 1. The average molecular weight is 365 g/mol. The Kier molecular flexibility index (Phi) is 4.45. The first kappa shape index (κ1) is 16.4. The number of carbonyl (C=O) groups is 1. The van der Waals surface area contributed by atoms with Crippen LogP contribution in [0.25, 0.3) is 22.4 Å². The van der Waals surface area contributed by atoms with Crippen molar-refractivity contribution in [2.75, 3.05) is 12.9 Å². The number of aromatic nitrogens is 3. The normalized spacial score (nSPS) is 11.0. The molecular formula is C19H15N3O3S. The molecule has 0 spiro atoms. The molecule has 1 N–H and O–H groups in total. The van der Waals surface area contributed by atoms with Gasteiger partial charge in [0.2, 0.25) is 0 Å². The molecule has 6 nitrogen and oxygen atoms in total. The number of hydrogen-bond acceptors (Lipinski definition) is 6. The zero-order chi connectivity index (χ0) is 17.9. The zero-order valence-corrected chi connectivity index (χ0v) is 14.7. The van der Waals surface area contributed by atoms with E-state index in [1.807, 2.05) is 30.5 Å². The maximum absolute atomic E-state index is 12.3. The van der Waals surface area contributed by atoms with E-state index in [-0.39, 0.29) is 11.5 Å². The molecule has 0 aliphatic heterocycles. The zero-order valence-electron chi connectivity index (χ0n) is 13.9. The smallest absolute Gasteiger partial charge is 0.277 e. The number of ketones is 1. The van der Waals surface area contributed by atoms with Gasteiger partial charge < -0.3 is 14.1 Å². The quantitative estimate of drug-likeness (QED) is 0.407. The Bertz CT molecular complexity index is 1070. The molecule has 0 unspecified atom stereocenters. The summed E-state index contributed by atoms with van der Waals surface area (Å²) in [4.78, 5) is 15.5. The molecule has 0 bridgehead atoms. The highest BCUT2D eigenvalue weighted by Crippen LogP contribution is 2.29. The lowest BCUT2D eigenvalue weighted by Gasteiger charge is -2.02. The van der Waals surface area contributed by atoms with E-state index in [1.165, 1.54) is 11.8 Å². The first-order valence-electron chi connectivity index (χ1n) is 7.94. The summed E-state index contributed by atoms with van der Waals surface area (Å²) >= 11 is 1.22. The fraction of sp³-hybridized carbons (Fsp3) is 0.105. The molecule has 2 aromatic heterocycles. The van der Waals surface area contributed by atoms with Gasteiger partial charge in [0.15, 0.2) is 5.78 Å². The maximum atomic E-state index is 12.3. The molecule has 0 atom stereocenters. The maximum Gasteiger partial charge on any atom is 0.277 e. The number of H-pyrrole nitrogens is 1. The number of nitrogens with one attached hydrogen (secondary N) is 1. The molecule has 130 valence electrons. The van der Waals surface area contributed by atoms with E-state index in [9.17, 15) is 4.79 Å². The van der Waals surface area contributed by atoms with Crippen molar-refractivity contribution in [2.45, 2.75) is 5.22 Å². The summed E-state index contributed by atoms with van der Waals surface area (Å²) in [6.07, 6.45) is 1.84. The molecule has 0 fully saturated rings. The van der Waals surface area contributed by atoms with Gasteiger partial charge in [-0.15, -0.1) is 10.2 Å². The number of rotatable bonds is 6. The van der Waals surface area contributed by atoms with Crippen molar-refractivity contribution < 1.29 is 13.9 Å². The number of carbonyl (C=O) groups excluding carboxylic acids is 1. The molecule has 0 saturated heterocycles. The molecule has 0 saturated carbocycles. The van der Waals surface area contributed by atoms with Crippen LogP contribution in [-0.4, -0.2) is 33.8 Å². The third kappa shape index (κ3) is 3.21. The average Bonchev–Trinajstić information content (AvgIpc) is 3.32. The van der Waals surface area contributed by atoms with Crippen LogP contribution in [0, 0.1) is 0 Å². The van der Waals surface area contributed by atoms with Crippen molar-refractivity contribution in [1.82, 2.24) is 15.2 Å². The van der Waals surface area contributed by atoms with Crippen LogP contribution in [-0.2, 0) is 0 Å².